The monoisotopic (exact) mass is 622 g/mol. The Hall–Kier alpha value is -3.99. The molecule has 4 amide bonds. The van der Waals surface area contributed by atoms with Gasteiger partial charge in [-0.15, -0.1) is 0 Å². The molecule has 11 heteroatoms. The summed E-state index contributed by atoms with van der Waals surface area (Å²) in [5.74, 6) is -7.59. The van der Waals surface area contributed by atoms with Crippen molar-refractivity contribution in [2.24, 2.45) is 29.6 Å². The van der Waals surface area contributed by atoms with E-state index in [0.29, 0.717) is 24.7 Å². The highest BCUT2D eigenvalue weighted by atomic mass is 79.9. The summed E-state index contributed by atoms with van der Waals surface area (Å²) in [6.45, 7) is 4.20. The van der Waals surface area contributed by atoms with Crippen LogP contribution in [-0.2, 0) is 28.7 Å². The van der Waals surface area contributed by atoms with E-state index in [4.69, 9.17) is 14.2 Å². The number of carbonyl (C=O) groups is 5. The van der Waals surface area contributed by atoms with Gasteiger partial charge >= 0.3 is 5.97 Å². The number of esters is 1. The van der Waals surface area contributed by atoms with Crippen molar-refractivity contribution in [3.05, 3.63) is 60.2 Å². The molecule has 2 bridgehead atoms. The molecule has 2 unspecified atom stereocenters. The summed E-state index contributed by atoms with van der Waals surface area (Å²) in [4.78, 5) is 71.9. The first-order chi connectivity index (χ1) is 19.7. The lowest BCUT2D eigenvalue weighted by molar-refractivity contribution is -0.143. The fraction of sp³-hybridized carbons (Fsp3) is 0.367. The molecule has 2 aliphatic heterocycles. The highest BCUT2D eigenvalue weighted by Gasteiger charge is 2.76. The van der Waals surface area contributed by atoms with Crippen LogP contribution < -0.4 is 19.3 Å². The zero-order chi connectivity index (χ0) is 29.2. The van der Waals surface area contributed by atoms with Crippen LogP contribution in [0.1, 0.15) is 13.8 Å². The van der Waals surface area contributed by atoms with Crippen molar-refractivity contribution < 1.29 is 38.2 Å². The summed E-state index contributed by atoms with van der Waals surface area (Å²) in [5.41, 5.74) is 0.627. The van der Waals surface area contributed by atoms with Crippen LogP contribution in [-0.4, -0.2) is 54.2 Å². The van der Waals surface area contributed by atoms with Crippen LogP contribution in [0, 0.1) is 29.6 Å². The molecule has 0 spiro atoms. The summed E-state index contributed by atoms with van der Waals surface area (Å²) in [7, 11) is 1.21. The van der Waals surface area contributed by atoms with Gasteiger partial charge in [0.05, 0.1) is 59.7 Å². The average Bonchev–Trinajstić information content (AvgIpc) is 3.40. The second-order valence-electron chi connectivity index (χ2n) is 10.3. The fourth-order valence-corrected chi connectivity index (χ4v) is 8.19. The number of methoxy groups -OCH3 is 1. The zero-order valence-electron chi connectivity index (χ0n) is 22.5. The van der Waals surface area contributed by atoms with E-state index in [9.17, 15) is 24.0 Å². The largest absolute Gasteiger partial charge is 0.492 e. The lowest BCUT2D eigenvalue weighted by Crippen LogP contribution is -2.61. The van der Waals surface area contributed by atoms with Crippen molar-refractivity contribution in [2.75, 3.05) is 30.1 Å². The van der Waals surface area contributed by atoms with E-state index < -0.39 is 63.5 Å². The molecule has 6 atom stereocenters. The Balaban J connectivity index is 1.50. The van der Waals surface area contributed by atoms with E-state index in [2.05, 4.69) is 15.9 Å². The highest BCUT2D eigenvalue weighted by Crippen LogP contribution is 2.66. The molecule has 3 aliphatic carbocycles. The maximum Gasteiger partial charge on any atom is 0.333 e. The number of rotatable bonds is 7. The van der Waals surface area contributed by atoms with Gasteiger partial charge in [-0.3, -0.25) is 19.2 Å². The first-order valence-electron chi connectivity index (χ1n) is 13.4. The van der Waals surface area contributed by atoms with Gasteiger partial charge in [0, 0.05) is 11.5 Å². The first kappa shape index (κ1) is 27.2. The maximum absolute atomic E-state index is 14.2. The lowest BCUT2D eigenvalue weighted by atomic mass is 9.52. The molecule has 2 saturated heterocycles. The number of amides is 4. The number of halogens is 1. The predicted molar refractivity (Wildman–Crippen MR) is 149 cm³/mol. The van der Waals surface area contributed by atoms with E-state index >= 15 is 0 Å². The molecule has 10 nitrogen and oxygen atoms in total. The van der Waals surface area contributed by atoms with Gasteiger partial charge in [-0.2, -0.15) is 0 Å². The van der Waals surface area contributed by atoms with Gasteiger partial charge in [0.2, 0.25) is 23.6 Å². The third kappa shape index (κ3) is 3.64. The lowest BCUT2D eigenvalue weighted by Gasteiger charge is -2.51. The van der Waals surface area contributed by atoms with Gasteiger partial charge in [0.25, 0.3) is 0 Å². The van der Waals surface area contributed by atoms with Crippen LogP contribution in [0.3, 0.4) is 0 Å². The van der Waals surface area contributed by atoms with Crippen molar-refractivity contribution in [1.82, 2.24) is 0 Å². The molecule has 3 fully saturated rings. The molecule has 0 radical (unpaired) electrons. The van der Waals surface area contributed by atoms with E-state index in [1.165, 1.54) is 13.2 Å². The van der Waals surface area contributed by atoms with Crippen LogP contribution in [0.25, 0.3) is 0 Å². The highest BCUT2D eigenvalue weighted by molar-refractivity contribution is 9.10. The minimum atomic E-state index is -1.51. The van der Waals surface area contributed by atoms with Crippen molar-refractivity contribution in [3.8, 4) is 11.5 Å². The van der Waals surface area contributed by atoms with Crippen LogP contribution >= 0.6 is 15.9 Å². The molecular weight excluding hydrogens is 596 g/mol. The molecule has 1 saturated carbocycles. The van der Waals surface area contributed by atoms with E-state index in [1.54, 1.807) is 62.4 Å². The molecule has 212 valence electrons. The van der Waals surface area contributed by atoms with Crippen molar-refractivity contribution in [3.63, 3.8) is 0 Å². The van der Waals surface area contributed by atoms with Crippen molar-refractivity contribution in [2.45, 2.75) is 18.2 Å². The minimum absolute atomic E-state index is 0.0917. The average molecular weight is 623 g/mol. The van der Waals surface area contributed by atoms with E-state index in [0.717, 1.165) is 9.80 Å². The molecule has 2 aromatic carbocycles. The van der Waals surface area contributed by atoms with Crippen molar-refractivity contribution in [1.29, 1.82) is 0 Å². The Labute approximate surface area is 244 Å². The van der Waals surface area contributed by atoms with Gasteiger partial charge in [0.1, 0.15) is 11.5 Å². The number of hydrogen-bond acceptors (Lipinski definition) is 8. The van der Waals surface area contributed by atoms with Gasteiger partial charge in [-0.25, -0.2) is 14.6 Å². The Morgan fingerprint density at radius 1 is 0.756 bits per heavy atom. The van der Waals surface area contributed by atoms with E-state index in [-0.39, 0.29) is 16.9 Å². The predicted octanol–water partition coefficient (Wildman–Crippen LogP) is 3.27. The normalized spacial score (nSPS) is 29.9. The number of benzene rings is 2. The van der Waals surface area contributed by atoms with Crippen LogP contribution in [0.15, 0.2) is 60.2 Å². The standard InChI is InChI=1S/C30H27BrN2O8/c1-4-40-18-12-8-6-10-16(18)32-25(34)21-20-15(29(38)39-3)14-30(31,23(21)27(32)36)24-22(20)26(35)33(28(24)37)17-11-7-9-13-19(17)41-5-2/h6-14,20-24H,4-5H2,1-3H3/t20?,21-,22+,23+,24-,30?. The summed E-state index contributed by atoms with van der Waals surface area (Å²) in [6, 6.07) is 13.4. The molecule has 5 aliphatic rings. The minimum Gasteiger partial charge on any atom is -0.492 e. The molecule has 41 heavy (non-hydrogen) atoms. The number of alkyl halides is 1. The van der Waals surface area contributed by atoms with E-state index in [1.807, 2.05) is 0 Å². The number of nitrogens with zero attached hydrogens (tertiary/aromatic N) is 2. The molecule has 2 aromatic rings. The number of hydrogen-bond donors (Lipinski definition) is 0. The zero-order valence-corrected chi connectivity index (χ0v) is 24.1. The maximum atomic E-state index is 14.2. The van der Waals surface area contributed by atoms with Crippen LogP contribution in [0.5, 0.6) is 11.5 Å². The van der Waals surface area contributed by atoms with Gasteiger partial charge in [-0.05, 0) is 38.1 Å². The number of anilines is 2. The number of imide groups is 2. The molecular formula is C30H27BrN2O8. The Kier molecular flexibility index (Phi) is 6.52. The van der Waals surface area contributed by atoms with Gasteiger partial charge in [0.15, 0.2) is 0 Å². The van der Waals surface area contributed by atoms with Crippen LogP contribution in [0.2, 0.25) is 0 Å². The number of para-hydroxylation sites is 4. The molecule has 0 aromatic heterocycles. The summed E-state index contributed by atoms with van der Waals surface area (Å²) in [5, 5.41) is 0. The Morgan fingerprint density at radius 3 is 1.61 bits per heavy atom. The third-order valence-electron chi connectivity index (χ3n) is 8.40. The Bertz CT molecular complexity index is 1440. The molecule has 0 N–H and O–H groups in total. The van der Waals surface area contributed by atoms with Gasteiger partial charge < -0.3 is 14.2 Å². The number of ether oxygens (including phenoxy) is 3. The summed E-state index contributed by atoms with van der Waals surface area (Å²) >= 11 is 3.67. The topological polar surface area (TPSA) is 120 Å². The number of carbonyl (C=O) groups excluding carboxylic acids is 5. The SMILES string of the molecule is CCOc1ccccc1N1C(=O)[C@@H]2C3C(C(=O)OC)=CC(Br)([C@@H]2C1=O)[C@H]1C(=O)N(c2ccccc2OCC)C(=O)[C@@H]31. The Morgan fingerprint density at radius 2 is 1.20 bits per heavy atom. The second kappa shape index (κ2) is 9.83. The second-order valence-corrected chi connectivity index (χ2v) is 11.7. The molecule has 2 heterocycles. The fourth-order valence-electron chi connectivity index (χ4n) is 6.98. The van der Waals surface area contributed by atoms with Gasteiger partial charge in [-0.1, -0.05) is 46.3 Å². The summed E-state index contributed by atoms with van der Waals surface area (Å²) in [6.07, 6.45) is 1.51. The number of allylic oxidation sites excluding steroid dienone is 1. The molecule has 7 rings (SSSR count). The third-order valence-corrected chi connectivity index (χ3v) is 9.61. The smallest absolute Gasteiger partial charge is 0.333 e. The quantitative estimate of drug-likeness (QED) is 0.262. The summed E-state index contributed by atoms with van der Waals surface area (Å²) < 4.78 is 14.9. The van der Waals surface area contributed by atoms with Crippen LogP contribution in [0.4, 0.5) is 11.4 Å². The van der Waals surface area contributed by atoms with Crippen molar-refractivity contribution >= 4 is 56.9 Å². The first-order valence-corrected chi connectivity index (χ1v) is 14.2.